The van der Waals surface area contributed by atoms with Gasteiger partial charge >= 0.3 is 12.3 Å². The lowest BCUT2D eigenvalue weighted by atomic mass is 10.1. The van der Waals surface area contributed by atoms with Crippen LogP contribution in [0.1, 0.15) is 19.4 Å². The van der Waals surface area contributed by atoms with Gasteiger partial charge in [-0.15, -0.1) is 0 Å². The van der Waals surface area contributed by atoms with E-state index in [1.54, 1.807) is 35.6 Å². The average molecular weight is 261 g/mol. The maximum absolute atomic E-state index is 12.5. The Labute approximate surface area is 103 Å². The van der Waals surface area contributed by atoms with E-state index < -0.39 is 17.8 Å². The molecule has 0 saturated carbocycles. The second-order valence-corrected chi connectivity index (χ2v) is 4.31. The van der Waals surface area contributed by atoms with Gasteiger partial charge in [0.05, 0.1) is 0 Å². The van der Waals surface area contributed by atoms with Gasteiger partial charge in [-0.2, -0.15) is 13.2 Å². The minimum atomic E-state index is -4.53. The summed E-state index contributed by atoms with van der Waals surface area (Å²) in [6.45, 7) is 1.67. The van der Waals surface area contributed by atoms with Gasteiger partial charge in [0.15, 0.2) is 0 Å². The molecule has 3 nitrogen and oxygen atoms in total. The van der Waals surface area contributed by atoms with Gasteiger partial charge in [-0.05, 0) is 19.4 Å². The van der Waals surface area contributed by atoms with E-state index in [2.05, 4.69) is 0 Å². The fourth-order valence-electron chi connectivity index (χ4n) is 1.09. The summed E-state index contributed by atoms with van der Waals surface area (Å²) in [6, 6.07) is 8.70. The van der Waals surface area contributed by atoms with Gasteiger partial charge in [-0.1, -0.05) is 30.3 Å². The van der Waals surface area contributed by atoms with Crippen molar-refractivity contribution in [3.8, 4) is 0 Å². The normalized spacial score (nSPS) is 12.1. The first-order chi connectivity index (χ1) is 8.22. The lowest BCUT2D eigenvalue weighted by Crippen LogP contribution is -2.54. The van der Waals surface area contributed by atoms with Crippen LogP contribution in [0.2, 0.25) is 0 Å². The quantitative estimate of drug-likeness (QED) is 0.907. The minimum Gasteiger partial charge on any atom is -0.445 e. The summed E-state index contributed by atoms with van der Waals surface area (Å²) in [5.74, 6) is 0. The second kappa shape index (κ2) is 5.29. The SMILES string of the molecule is CC(C)(NC(=O)OCc1ccccc1)C(F)(F)F. The highest BCUT2D eigenvalue weighted by atomic mass is 19.4. The molecule has 0 unspecified atom stereocenters. The summed E-state index contributed by atoms with van der Waals surface area (Å²) < 4.78 is 42.2. The monoisotopic (exact) mass is 261 g/mol. The summed E-state index contributed by atoms with van der Waals surface area (Å²) in [7, 11) is 0. The van der Waals surface area contributed by atoms with Gasteiger partial charge < -0.3 is 10.1 Å². The van der Waals surface area contributed by atoms with Crippen molar-refractivity contribution < 1.29 is 22.7 Å². The zero-order chi connectivity index (χ0) is 13.8. The lowest BCUT2D eigenvalue weighted by molar-refractivity contribution is -0.183. The highest BCUT2D eigenvalue weighted by Crippen LogP contribution is 2.29. The lowest BCUT2D eigenvalue weighted by Gasteiger charge is -2.28. The molecule has 1 aromatic rings. The molecule has 18 heavy (non-hydrogen) atoms. The molecule has 1 rings (SSSR count). The number of alkyl carbamates (subject to hydrolysis) is 1. The molecule has 1 aromatic carbocycles. The third-order valence-corrected chi connectivity index (χ3v) is 2.34. The first-order valence-electron chi connectivity index (χ1n) is 5.28. The Balaban J connectivity index is 2.48. The number of hydrogen-bond acceptors (Lipinski definition) is 2. The summed E-state index contributed by atoms with van der Waals surface area (Å²) in [5, 5.41) is 1.78. The molecule has 0 heterocycles. The molecule has 0 aliphatic rings. The van der Waals surface area contributed by atoms with E-state index in [0.717, 1.165) is 13.8 Å². The molecule has 0 fully saturated rings. The summed E-state index contributed by atoms with van der Waals surface area (Å²) in [6.07, 6.45) is -5.63. The molecule has 0 bridgehead atoms. The molecule has 0 spiro atoms. The molecule has 100 valence electrons. The zero-order valence-electron chi connectivity index (χ0n) is 10.0. The van der Waals surface area contributed by atoms with Crippen molar-refractivity contribution in [2.45, 2.75) is 32.2 Å². The van der Waals surface area contributed by atoms with E-state index in [9.17, 15) is 18.0 Å². The van der Waals surface area contributed by atoms with Gasteiger partial charge in [-0.3, -0.25) is 0 Å². The van der Waals surface area contributed by atoms with Crippen LogP contribution in [-0.2, 0) is 11.3 Å². The van der Waals surface area contributed by atoms with Crippen molar-refractivity contribution in [3.05, 3.63) is 35.9 Å². The Morgan fingerprint density at radius 2 is 1.78 bits per heavy atom. The molecule has 0 atom stereocenters. The van der Waals surface area contributed by atoms with E-state index in [1.165, 1.54) is 0 Å². The van der Waals surface area contributed by atoms with Crippen LogP contribution in [0.4, 0.5) is 18.0 Å². The van der Waals surface area contributed by atoms with Gasteiger partial charge in [0, 0.05) is 0 Å². The molecule has 6 heteroatoms. The maximum Gasteiger partial charge on any atom is 0.411 e. The van der Waals surface area contributed by atoms with E-state index in [-0.39, 0.29) is 6.61 Å². The largest absolute Gasteiger partial charge is 0.445 e. The smallest absolute Gasteiger partial charge is 0.411 e. The molecule has 0 aliphatic carbocycles. The number of alkyl halides is 3. The fraction of sp³-hybridized carbons (Fsp3) is 0.417. The molecule has 1 amide bonds. The van der Waals surface area contributed by atoms with Crippen LogP contribution in [0.3, 0.4) is 0 Å². The van der Waals surface area contributed by atoms with Crippen LogP contribution in [0, 0.1) is 0 Å². The first-order valence-corrected chi connectivity index (χ1v) is 5.28. The Hall–Kier alpha value is -1.72. The number of amides is 1. The summed E-state index contributed by atoms with van der Waals surface area (Å²) in [4.78, 5) is 11.2. The third kappa shape index (κ3) is 3.94. The standard InChI is InChI=1S/C12H14F3NO2/c1-11(2,12(13,14)15)16-10(17)18-8-9-6-4-3-5-7-9/h3-7H,8H2,1-2H3,(H,16,17). The highest BCUT2D eigenvalue weighted by Gasteiger charge is 2.48. The van der Waals surface area contributed by atoms with Crippen LogP contribution in [0.25, 0.3) is 0 Å². The molecule has 0 saturated heterocycles. The number of nitrogens with one attached hydrogen (secondary N) is 1. The molecule has 0 radical (unpaired) electrons. The van der Waals surface area contributed by atoms with Crippen molar-refractivity contribution in [3.63, 3.8) is 0 Å². The van der Waals surface area contributed by atoms with E-state index >= 15 is 0 Å². The molecule has 1 N–H and O–H groups in total. The zero-order valence-corrected chi connectivity index (χ0v) is 10.0. The van der Waals surface area contributed by atoms with E-state index in [4.69, 9.17) is 4.74 Å². The second-order valence-electron chi connectivity index (χ2n) is 4.31. The number of carbonyl (C=O) groups excluding carboxylic acids is 1. The first kappa shape index (κ1) is 14.3. The fourth-order valence-corrected chi connectivity index (χ4v) is 1.09. The predicted octanol–water partition coefficient (Wildman–Crippen LogP) is 3.25. The van der Waals surface area contributed by atoms with Crippen LogP contribution < -0.4 is 5.32 Å². The molecular formula is C12H14F3NO2. The number of rotatable bonds is 3. The van der Waals surface area contributed by atoms with Crippen molar-refractivity contribution in [1.82, 2.24) is 5.32 Å². The van der Waals surface area contributed by atoms with Crippen molar-refractivity contribution in [2.75, 3.05) is 0 Å². The van der Waals surface area contributed by atoms with Crippen LogP contribution in [-0.4, -0.2) is 17.8 Å². The molecule has 0 aliphatic heterocycles. The Kier molecular flexibility index (Phi) is 4.21. The highest BCUT2D eigenvalue weighted by molar-refractivity contribution is 5.68. The summed E-state index contributed by atoms with van der Waals surface area (Å²) >= 11 is 0. The molecular weight excluding hydrogens is 247 g/mol. The topological polar surface area (TPSA) is 38.3 Å². The van der Waals surface area contributed by atoms with Crippen LogP contribution in [0.5, 0.6) is 0 Å². The number of benzene rings is 1. The number of hydrogen-bond donors (Lipinski definition) is 1. The molecule has 0 aromatic heterocycles. The van der Waals surface area contributed by atoms with E-state index in [0.29, 0.717) is 5.56 Å². The van der Waals surface area contributed by atoms with Crippen LogP contribution in [0.15, 0.2) is 30.3 Å². The Morgan fingerprint density at radius 3 is 2.28 bits per heavy atom. The minimum absolute atomic E-state index is 0.0688. The van der Waals surface area contributed by atoms with Gasteiger partial charge in [-0.25, -0.2) is 4.79 Å². The maximum atomic E-state index is 12.5. The average Bonchev–Trinajstić information content (AvgIpc) is 2.26. The van der Waals surface area contributed by atoms with Gasteiger partial charge in [0.1, 0.15) is 12.1 Å². The van der Waals surface area contributed by atoms with Crippen molar-refractivity contribution >= 4 is 6.09 Å². The third-order valence-electron chi connectivity index (χ3n) is 2.34. The Morgan fingerprint density at radius 1 is 1.22 bits per heavy atom. The Bertz CT molecular complexity index is 402. The van der Waals surface area contributed by atoms with Crippen molar-refractivity contribution in [2.24, 2.45) is 0 Å². The summed E-state index contributed by atoms with van der Waals surface area (Å²) in [5.41, 5.74) is -1.61. The number of halogens is 3. The predicted molar refractivity (Wildman–Crippen MR) is 59.9 cm³/mol. The van der Waals surface area contributed by atoms with Crippen LogP contribution >= 0.6 is 0 Å². The van der Waals surface area contributed by atoms with Gasteiger partial charge in [0.25, 0.3) is 0 Å². The van der Waals surface area contributed by atoms with E-state index in [1.807, 2.05) is 0 Å². The number of carbonyl (C=O) groups is 1. The van der Waals surface area contributed by atoms with Gasteiger partial charge in [0.2, 0.25) is 0 Å². The van der Waals surface area contributed by atoms with Crippen molar-refractivity contribution in [1.29, 1.82) is 0 Å². The number of ether oxygens (including phenoxy) is 1.